The SMILES string of the molecule is Cc1ncc2c3ccnc(C)c3n(CCN3CCOCC3)c2n1. The summed E-state index contributed by atoms with van der Waals surface area (Å²) < 4.78 is 7.74. The highest BCUT2D eigenvalue weighted by atomic mass is 16.5. The highest BCUT2D eigenvalue weighted by molar-refractivity contribution is 6.06. The van der Waals surface area contributed by atoms with E-state index >= 15 is 0 Å². The maximum atomic E-state index is 5.43. The van der Waals surface area contributed by atoms with E-state index < -0.39 is 0 Å². The van der Waals surface area contributed by atoms with E-state index in [1.807, 2.05) is 19.3 Å². The fourth-order valence-corrected chi connectivity index (χ4v) is 3.36. The molecule has 0 N–H and O–H groups in total. The van der Waals surface area contributed by atoms with Crippen molar-refractivity contribution in [2.24, 2.45) is 0 Å². The van der Waals surface area contributed by atoms with Gasteiger partial charge in [-0.2, -0.15) is 0 Å². The molecular weight excluding hydrogens is 290 g/mol. The molecule has 0 spiro atoms. The van der Waals surface area contributed by atoms with Crippen LogP contribution in [-0.2, 0) is 11.3 Å². The minimum absolute atomic E-state index is 0.804. The van der Waals surface area contributed by atoms with Crippen molar-refractivity contribution < 1.29 is 4.74 Å². The Bertz CT molecular complexity index is 851. The molecule has 6 nitrogen and oxygen atoms in total. The van der Waals surface area contributed by atoms with E-state index in [1.165, 1.54) is 10.9 Å². The van der Waals surface area contributed by atoms with Crippen LogP contribution >= 0.6 is 0 Å². The van der Waals surface area contributed by atoms with E-state index in [2.05, 4.69) is 32.4 Å². The Kier molecular flexibility index (Phi) is 3.71. The maximum Gasteiger partial charge on any atom is 0.144 e. The second-order valence-corrected chi connectivity index (χ2v) is 6.05. The lowest BCUT2D eigenvalue weighted by molar-refractivity contribution is 0.0366. The third-order valence-electron chi connectivity index (χ3n) is 4.56. The average molecular weight is 311 g/mol. The van der Waals surface area contributed by atoms with E-state index in [0.717, 1.165) is 61.9 Å². The molecule has 6 heteroatoms. The van der Waals surface area contributed by atoms with Crippen LogP contribution in [0.1, 0.15) is 11.5 Å². The molecule has 4 heterocycles. The minimum Gasteiger partial charge on any atom is -0.379 e. The van der Waals surface area contributed by atoms with Gasteiger partial charge in [-0.25, -0.2) is 9.97 Å². The Morgan fingerprint density at radius 1 is 1.09 bits per heavy atom. The Morgan fingerprint density at radius 2 is 1.91 bits per heavy atom. The molecule has 0 aliphatic carbocycles. The quantitative estimate of drug-likeness (QED) is 0.740. The van der Waals surface area contributed by atoms with Crippen LogP contribution in [-0.4, -0.2) is 57.3 Å². The van der Waals surface area contributed by atoms with Crippen molar-refractivity contribution in [1.29, 1.82) is 0 Å². The lowest BCUT2D eigenvalue weighted by atomic mass is 10.2. The normalized spacial score (nSPS) is 16.4. The molecule has 4 rings (SSSR count). The zero-order valence-corrected chi connectivity index (χ0v) is 13.6. The Hall–Kier alpha value is -2.05. The van der Waals surface area contributed by atoms with Crippen LogP contribution in [0.15, 0.2) is 18.5 Å². The topological polar surface area (TPSA) is 56.1 Å². The fourth-order valence-electron chi connectivity index (χ4n) is 3.36. The molecule has 0 bridgehead atoms. The largest absolute Gasteiger partial charge is 0.379 e. The van der Waals surface area contributed by atoms with Crippen LogP contribution in [0.4, 0.5) is 0 Å². The Labute approximate surface area is 135 Å². The van der Waals surface area contributed by atoms with Crippen molar-refractivity contribution in [2.75, 3.05) is 32.8 Å². The highest BCUT2D eigenvalue weighted by Gasteiger charge is 2.16. The van der Waals surface area contributed by atoms with Gasteiger partial charge in [-0.3, -0.25) is 9.88 Å². The molecule has 0 saturated carbocycles. The van der Waals surface area contributed by atoms with Crippen molar-refractivity contribution in [3.8, 4) is 0 Å². The number of pyridine rings is 1. The molecule has 1 aliphatic rings. The number of hydrogen-bond acceptors (Lipinski definition) is 5. The number of aryl methyl sites for hydroxylation is 2. The summed E-state index contributed by atoms with van der Waals surface area (Å²) >= 11 is 0. The van der Waals surface area contributed by atoms with Crippen LogP contribution in [0.25, 0.3) is 21.9 Å². The molecule has 0 atom stereocenters. The van der Waals surface area contributed by atoms with Gasteiger partial charge in [0.2, 0.25) is 0 Å². The second-order valence-electron chi connectivity index (χ2n) is 6.05. The van der Waals surface area contributed by atoms with Crippen molar-refractivity contribution in [2.45, 2.75) is 20.4 Å². The molecule has 0 unspecified atom stereocenters. The van der Waals surface area contributed by atoms with Crippen LogP contribution in [0, 0.1) is 13.8 Å². The van der Waals surface area contributed by atoms with Crippen LogP contribution in [0.3, 0.4) is 0 Å². The molecule has 120 valence electrons. The van der Waals surface area contributed by atoms with Crippen LogP contribution in [0.2, 0.25) is 0 Å². The maximum absolute atomic E-state index is 5.43. The number of ether oxygens (including phenoxy) is 1. The summed E-state index contributed by atoms with van der Waals surface area (Å²) in [5.41, 5.74) is 3.23. The van der Waals surface area contributed by atoms with Crippen LogP contribution < -0.4 is 0 Å². The summed E-state index contributed by atoms with van der Waals surface area (Å²) in [5.74, 6) is 0.804. The van der Waals surface area contributed by atoms with Crippen molar-refractivity contribution in [3.63, 3.8) is 0 Å². The van der Waals surface area contributed by atoms with E-state index in [0.29, 0.717) is 0 Å². The van der Waals surface area contributed by atoms with Crippen molar-refractivity contribution in [3.05, 3.63) is 30.0 Å². The van der Waals surface area contributed by atoms with E-state index in [9.17, 15) is 0 Å². The Balaban J connectivity index is 1.79. The highest BCUT2D eigenvalue weighted by Crippen LogP contribution is 2.28. The van der Waals surface area contributed by atoms with Gasteiger partial charge in [0, 0.05) is 49.3 Å². The number of fused-ring (bicyclic) bond motifs is 3. The summed E-state index contributed by atoms with van der Waals surface area (Å²) in [6.45, 7) is 9.57. The van der Waals surface area contributed by atoms with E-state index in [1.54, 1.807) is 0 Å². The van der Waals surface area contributed by atoms with Crippen molar-refractivity contribution in [1.82, 2.24) is 24.4 Å². The minimum atomic E-state index is 0.804. The van der Waals surface area contributed by atoms with E-state index in [-0.39, 0.29) is 0 Å². The molecule has 1 fully saturated rings. The summed E-state index contributed by atoms with van der Waals surface area (Å²) in [5, 5.41) is 2.30. The first-order valence-corrected chi connectivity index (χ1v) is 8.11. The zero-order chi connectivity index (χ0) is 15.8. The molecule has 1 aliphatic heterocycles. The van der Waals surface area contributed by atoms with Gasteiger partial charge in [0.05, 0.1) is 24.4 Å². The molecule has 0 radical (unpaired) electrons. The number of hydrogen-bond donors (Lipinski definition) is 0. The predicted molar refractivity (Wildman–Crippen MR) is 89.6 cm³/mol. The first-order chi connectivity index (χ1) is 11.2. The third-order valence-corrected chi connectivity index (χ3v) is 4.56. The lowest BCUT2D eigenvalue weighted by Crippen LogP contribution is -2.38. The first-order valence-electron chi connectivity index (χ1n) is 8.11. The van der Waals surface area contributed by atoms with Gasteiger partial charge >= 0.3 is 0 Å². The van der Waals surface area contributed by atoms with Crippen LogP contribution in [0.5, 0.6) is 0 Å². The number of morpholine rings is 1. The molecule has 3 aromatic heterocycles. The van der Waals surface area contributed by atoms with Gasteiger partial charge in [0.15, 0.2) is 0 Å². The van der Waals surface area contributed by atoms with Gasteiger partial charge in [0.1, 0.15) is 11.5 Å². The summed E-state index contributed by atoms with van der Waals surface area (Å²) in [4.78, 5) is 16.0. The third kappa shape index (κ3) is 2.58. The fraction of sp³-hybridized carbons (Fsp3) is 0.471. The number of rotatable bonds is 3. The molecular formula is C17H21N5O. The van der Waals surface area contributed by atoms with Gasteiger partial charge in [-0.15, -0.1) is 0 Å². The molecule has 0 amide bonds. The van der Waals surface area contributed by atoms with Gasteiger partial charge in [-0.05, 0) is 19.9 Å². The first kappa shape index (κ1) is 14.5. The van der Waals surface area contributed by atoms with Gasteiger partial charge in [-0.1, -0.05) is 0 Å². The van der Waals surface area contributed by atoms with Crippen molar-refractivity contribution >= 4 is 21.9 Å². The Morgan fingerprint density at radius 3 is 2.74 bits per heavy atom. The predicted octanol–water partition coefficient (Wildman–Crippen LogP) is 1.93. The van der Waals surface area contributed by atoms with Gasteiger partial charge in [0.25, 0.3) is 0 Å². The summed E-state index contributed by atoms with van der Waals surface area (Å²) in [6, 6.07) is 2.06. The molecule has 0 aromatic carbocycles. The monoisotopic (exact) mass is 311 g/mol. The number of nitrogens with zero attached hydrogens (tertiary/aromatic N) is 5. The zero-order valence-electron chi connectivity index (χ0n) is 13.6. The smallest absolute Gasteiger partial charge is 0.144 e. The van der Waals surface area contributed by atoms with Gasteiger partial charge < -0.3 is 9.30 Å². The summed E-state index contributed by atoms with van der Waals surface area (Å²) in [7, 11) is 0. The number of aromatic nitrogens is 4. The molecule has 1 saturated heterocycles. The summed E-state index contributed by atoms with van der Waals surface area (Å²) in [6.07, 6.45) is 3.80. The lowest BCUT2D eigenvalue weighted by Gasteiger charge is -2.26. The standard InChI is InChI=1S/C17H21N5O/c1-12-16-14(3-4-18-12)15-11-19-13(2)20-17(15)22(16)6-5-21-7-9-23-10-8-21/h3-4,11H,5-10H2,1-2H3. The average Bonchev–Trinajstić information content (AvgIpc) is 2.88. The molecule has 3 aromatic rings. The molecule has 23 heavy (non-hydrogen) atoms. The second kappa shape index (κ2) is 5.86. The van der Waals surface area contributed by atoms with E-state index in [4.69, 9.17) is 9.72 Å².